The molecule has 4 rings (SSSR count). The third kappa shape index (κ3) is 3.09. The SMILES string of the molecule is Cc1ccc(-c2nc3ccccc3n2CCC2CCCCN2)cc1. The zero-order valence-corrected chi connectivity index (χ0v) is 14.3. The van der Waals surface area contributed by atoms with Gasteiger partial charge in [0.15, 0.2) is 0 Å². The molecule has 3 nitrogen and oxygen atoms in total. The topological polar surface area (TPSA) is 29.9 Å². The number of para-hydroxylation sites is 2. The Kier molecular flexibility index (Phi) is 4.35. The summed E-state index contributed by atoms with van der Waals surface area (Å²) in [6.07, 6.45) is 5.14. The first-order valence-electron chi connectivity index (χ1n) is 9.07. The fraction of sp³-hybridized carbons (Fsp3) is 0.381. The van der Waals surface area contributed by atoms with E-state index in [4.69, 9.17) is 4.98 Å². The van der Waals surface area contributed by atoms with E-state index in [1.165, 1.54) is 48.9 Å². The summed E-state index contributed by atoms with van der Waals surface area (Å²) >= 11 is 0. The standard InChI is InChI=1S/C21H25N3/c1-16-9-11-17(12-10-16)21-23-19-7-2-3-8-20(19)24(21)15-13-18-6-4-5-14-22-18/h2-3,7-12,18,22H,4-6,13-15H2,1H3. The number of fused-ring (bicyclic) bond motifs is 1. The molecule has 124 valence electrons. The first-order chi connectivity index (χ1) is 11.8. The molecule has 2 heterocycles. The Balaban J connectivity index is 1.68. The minimum Gasteiger partial charge on any atom is -0.324 e. The van der Waals surface area contributed by atoms with Crippen LogP contribution in [0.15, 0.2) is 48.5 Å². The highest BCUT2D eigenvalue weighted by Gasteiger charge is 2.16. The molecular formula is C21H25N3. The van der Waals surface area contributed by atoms with Crippen molar-refractivity contribution < 1.29 is 0 Å². The van der Waals surface area contributed by atoms with Crippen molar-refractivity contribution in [3.05, 3.63) is 54.1 Å². The zero-order valence-electron chi connectivity index (χ0n) is 14.3. The van der Waals surface area contributed by atoms with Gasteiger partial charge in [-0.2, -0.15) is 0 Å². The quantitative estimate of drug-likeness (QED) is 0.765. The average molecular weight is 319 g/mol. The molecule has 0 amide bonds. The highest BCUT2D eigenvalue weighted by molar-refractivity contribution is 5.80. The first-order valence-corrected chi connectivity index (χ1v) is 9.07. The summed E-state index contributed by atoms with van der Waals surface area (Å²) in [6, 6.07) is 17.8. The number of aromatic nitrogens is 2. The third-order valence-electron chi connectivity index (χ3n) is 5.08. The summed E-state index contributed by atoms with van der Waals surface area (Å²) in [7, 11) is 0. The number of hydrogen-bond donors (Lipinski definition) is 1. The average Bonchev–Trinajstić information content (AvgIpc) is 3.00. The molecule has 1 aliphatic heterocycles. The van der Waals surface area contributed by atoms with Crippen LogP contribution in [0, 0.1) is 6.92 Å². The van der Waals surface area contributed by atoms with Gasteiger partial charge in [0, 0.05) is 18.2 Å². The number of aryl methyl sites for hydroxylation is 2. The second kappa shape index (κ2) is 6.78. The molecular weight excluding hydrogens is 294 g/mol. The van der Waals surface area contributed by atoms with Crippen LogP contribution < -0.4 is 5.32 Å². The maximum Gasteiger partial charge on any atom is 0.141 e. The van der Waals surface area contributed by atoms with Crippen LogP contribution in [0.2, 0.25) is 0 Å². The van der Waals surface area contributed by atoms with Crippen LogP contribution in [0.5, 0.6) is 0 Å². The Morgan fingerprint density at radius 3 is 2.71 bits per heavy atom. The van der Waals surface area contributed by atoms with Crippen molar-refractivity contribution in [2.45, 2.75) is 45.2 Å². The van der Waals surface area contributed by atoms with Gasteiger partial charge in [-0.3, -0.25) is 0 Å². The lowest BCUT2D eigenvalue weighted by Crippen LogP contribution is -2.34. The van der Waals surface area contributed by atoms with Crippen LogP contribution in [0.1, 0.15) is 31.2 Å². The number of imidazole rings is 1. The maximum atomic E-state index is 4.92. The molecule has 24 heavy (non-hydrogen) atoms. The number of nitrogens with zero attached hydrogens (tertiary/aromatic N) is 2. The Labute approximate surface area is 143 Å². The molecule has 1 unspecified atom stereocenters. The molecule has 1 aromatic heterocycles. The van der Waals surface area contributed by atoms with Gasteiger partial charge in [0.25, 0.3) is 0 Å². The van der Waals surface area contributed by atoms with Crippen molar-refractivity contribution in [1.82, 2.24) is 14.9 Å². The van der Waals surface area contributed by atoms with E-state index < -0.39 is 0 Å². The zero-order chi connectivity index (χ0) is 16.4. The number of benzene rings is 2. The van der Waals surface area contributed by atoms with E-state index in [0.717, 1.165) is 17.9 Å². The Bertz CT molecular complexity index is 811. The fourth-order valence-corrected chi connectivity index (χ4v) is 3.68. The molecule has 1 saturated heterocycles. The fourth-order valence-electron chi connectivity index (χ4n) is 3.68. The monoisotopic (exact) mass is 319 g/mol. The van der Waals surface area contributed by atoms with Crippen molar-refractivity contribution in [3.8, 4) is 11.4 Å². The summed E-state index contributed by atoms with van der Waals surface area (Å²) in [4.78, 5) is 4.92. The third-order valence-corrected chi connectivity index (χ3v) is 5.08. The van der Waals surface area contributed by atoms with Crippen LogP contribution >= 0.6 is 0 Å². The molecule has 3 heteroatoms. The molecule has 0 aliphatic carbocycles. The first kappa shape index (κ1) is 15.4. The predicted octanol–water partition coefficient (Wildman–Crippen LogP) is 4.54. The van der Waals surface area contributed by atoms with E-state index in [2.05, 4.69) is 65.3 Å². The lowest BCUT2D eigenvalue weighted by atomic mass is 10.0. The summed E-state index contributed by atoms with van der Waals surface area (Å²) in [5.41, 5.74) is 4.81. The summed E-state index contributed by atoms with van der Waals surface area (Å²) in [6.45, 7) is 4.31. The number of nitrogens with one attached hydrogen (secondary N) is 1. The Morgan fingerprint density at radius 1 is 1.08 bits per heavy atom. The smallest absolute Gasteiger partial charge is 0.141 e. The van der Waals surface area contributed by atoms with Crippen molar-refractivity contribution in [3.63, 3.8) is 0 Å². The number of rotatable bonds is 4. The van der Waals surface area contributed by atoms with Crippen LogP contribution in [0.3, 0.4) is 0 Å². The van der Waals surface area contributed by atoms with Gasteiger partial charge in [0.05, 0.1) is 11.0 Å². The van der Waals surface area contributed by atoms with Gasteiger partial charge < -0.3 is 9.88 Å². The van der Waals surface area contributed by atoms with Crippen LogP contribution in [-0.4, -0.2) is 22.1 Å². The van der Waals surface area contributed by atoms with Crippen LogP contribution in [0.4, 0.5) is 0 Å². The number of hydrogen-bond acceptors (Lipinski definition) is 2. The van der Waals surface area contributed by atoms with Crippen LogP contribution in [0.25, 0.3) is 22.4 Å². The van der Waals surface area contributed by atoms with Gasteiger partial charge >= 0.3 is 0 Å². The Morgan fingerprint density at radius 2 is 1.92 bits per heavy atom. The highest BCUT2D eigenvalue weighted by atomic mass is 15.1. The normalized spacial score (nSPS) is 18.1. The lowest BCUT2D eigenvalue weighted by molar-refractivity contribution is 0.368. The molecule has 1 aliphatic rings. The van der Waals surface area contributed by atoms with E-state index in [0.29, 0.717) is 6.04 Å². The van der Waals surface area contributed by atoms with Gasteiger partial charge in [-0.25, -0.2) is 4.98 Å². The van der Waals surface area contributed by atoms with E-state index in [9.17, 15) is 0 Å². The van der Waals surface area contributed by atoms with E-state index in [1.54, 1.807) is 0 Å². The van der Waals surface area contributed by atoms with Gasteiger partial charge in [0.2, 0.25) is 0 Å². The van der Waals surface area contributed by atoms with Crippen molar-refractivity contribution in [2.24, 2.45) is 0 Å². The Hall–Kier alpha value is -2.13. The molecule has 1 N–H and O–H groups in total. The molecule has 3 aromatic rings. The summed E-state index contributed by atoms with van der Waals surface area (Å²) < 4.78 is 2.40. The lowest BCUT2D eigenvalue weighted by Gasteiger charge is -2.24. The maximum absolute atomic E-state index is 4.92. The molecule has 1 atom stereocenters. The molecule has 0 radical (unpaired) electrons. The molecule has 0 spiro atoms. The van der Waals surface area contributed by atoms with Crippen molar-refractivity contribution in [1.29, 1.82) is 0 Å². The highest BCUT2D eigenvalue weighted by Crippen LogP contribution is 2.26. The molecule has 0 saturated carbocycles. The molecule has 1 fully saturated rings. The van der Waals surface area contributed by atoms with E-state index in [-0.39, 0.29) is 0 Å². The molecule has 2 aromatic carbocycles. The van der Waals surface area contributed by atoms with Crippen molar-refractivity contribution >= 4 is 11.0 Å². The van der Waals surface area contributed by atoms with Gasteiger partial charge in [0.1, 0.15) is 5.82 Å². The van der Waals surface area contributed by atoms with E-state index in [1.807, 2.05) is 0 Å². The summed E-state index contributed by atoms with van der Waals surface area (Å²) in [5, 5.41) is 3.66. The van der Waals surface area contributed by atoms with Gasteiger partial charge in [-0.05, 0) is 44.9 Å². The predicted molar refractivity (Wildman–Crippen MR) is 100 cm³/mol. The van der Waals surface area contributed by atoms with Crippen LogP contribution in [-0.2, 0) is 6.54 Å². The van der Waals surface area contributed by atoms with Gasteiger partial charge in [-0.15, -0.1) is 0 Å². The summed E-state index contributed by atoms with van der Waals surface area (Å²) in [5.74, 6) is 1.09. The minimum atomic E-state index is 0.644. The second-order valence-corrected chi connectivity index (χ2v) is 6.88. The molecule has 0 bridgehead atoms. The van der Waals surface area contributed by atoms with Gasteiger partial charge in [-0.1, -0.05) is 48.4 Å². The minimum absolute atomic E-state index is 0.644. The number of piperidine rings is 1. The largest absolute Gasteiger partial charge is 0.324 e. The van der Waals surface area contributed by atoms with Crippen molar-refractivity contribution in [2.75, 3.05) is 6.54 Å². The van der Waals surface area contributed by atoms with E-state index >= 15 is 0 Å². The second-order valence-electron chi connectivity index (χ2n) is 6.88.